The first kappa shape index (κ1) is 17.0. The Bertz CT molecular complexity index is 757. The molecule has 1 aliphatic heterocycles. The highest BCUT2D eigenvalue weighted by atomic mass is 19.1. The molecule has 0 spiro atoms. The molecule has 0 aliphatic carbocycles. The number of carbonyl (C=O) groups is 1. The van der Waals surface area contributed by atoms with Crippen LogP contribution in [0, 0.1) is 5.82 Å². The van der Waals surface area contributed by atoms with Crippen LogP contribution >= 0.6 is 0 Å². The van der Waals surface area contributed by atoms with E-state index >= 15 is 0 Å². The number of amides is 1. The van der Waals surface area contributed by atoms with E-state index < -0.39 is 0 Å². The van der Waals surface area contributed by atoms with E-state index in [-0.39, 0.29) is 17.8 Å². The topological polar surface area (TPSA) is 62.7 Å². The van der Waals surface area contributed by atoms with Gasteiger partial charge in [-0.3, -0.25) is 4.79 Å². The Morgan fingerprint density at radius 2 is 1.96 bits per heavy atom. The van der Waals surface area contributed by atoms with Crippen LogP contribution in [0.15, 0.2) is 53.5 Å². The summed E-state index contributed by atoms with van der Waals surface area (Å²) in [4.78, 5) is 16.1. The van der Waals surface area contributed by atoms with E-state index in [0.717, 1.165) is 12.8 Å². The Balaban J connectivity index is 1.52. The molecule has 0 radical (unpaired) electrons. The molecule has 5 nitrogen and oxygen atoms in total. The van der Waals surface area contributed by atoms with Gasteiger partial charge in [0.1, 0.15) is 12.4 Å². The summed E-state index contributed by atoms with van der Waals surface area (Å²) in [5.41, 5.74) is 2.32. The van der Waals surface area contributed by atoms with E-state index in [1.807, 2.05) is 24.3 Å². The van der Waals surface area contributed by atoms with Gasteiger partial charge in [0.2, 0.25) is 0 Å². The average Bonchev–Trinajstić information content (AvgIpc) is 3.10. The van der Waals surface area contributed by atoms with Gasteiger partial charge in [-0.25, -0.2) is 9.38 Å². The fourth-order valence-corrected chi connectivity index (χ4v) is 2.62. The molecule has 2 aromatic carbocycles. The van der Waals surface area contributed by atoms with Crippen molar-refractivity contribution in [3.05, 3.63) is 65.5 Å². The Hall–Kier alpha value is -2.89. The summed E-state index contributed by atoms with van der Waals surface area (Å²) in [6, 6.07) is 14.1. The first-order valence-corrected chi connectivity index (χ1v) is 8.16. The maximum absolute atomic E-state index is 12.9. The van der Waals surface area contributed by atoms with Gasteiger partial charge < -0.3 is 15.4 Å². The van der Waals surface area contributed by atoms with Crippen LogP contribution in [0.25, 0.3) is 0 Å². The van der Waals surface area contributed by atoms with Gasteiger partial charge in [0, 0.05) is 18.3 Å². The zero-order chi connectivity index (χ0) is 17.6. The highest BCUT2D eigenvalue weighted by Gasteiger charge is 2.19. The molecule has 0 bridgehead atoms. The molecule has 2 N–H and O–H groups in total. The number of amidine groups is 1. The number of carbonyl (C=O) groups excluding carboxylic acids is 1. The summed E-state index contributed by atoms with van der Waals surface area (Å²) in [6.07, 6.45) is 1.85. The molecule has 130 valence electrons. The number of rotatable bonds is 5. The fraction of sp³-hybridized carbons (Fsp3) is 0.263. The lowest BCUT2D eigenvalue weighted by Crippen LogP contribution is -2.27. The number of anilines is 1. The second-order valence-electron chi connectivity index (χ2n) is 5.88. The molecular weight excluding hydrogens is 321 g/mol. The van der Waals surface area contributed by atoms with E-state index in [1.54, 1.807) is 7.05 Å². The number of nitrogens with one attached hydrogen (secondary N) is 2. The number of benzene rings is 2. The van der Waals surface area contributed by atoms with Gasteiger partial charge in [-0.05, 0) is 54.8 Å². The lowest BCUT2D eigenvalue weighted by molar-refractivity contribution is 0.102. The highest BCUT2D eigenvalue weighted by molar-refractivity contribution is 6.04. The van der Waals surface area contributed by atoms with Gasteiger partial charge in [0.15, 0.2) is 0 Å². The van der Waals surface area contributed by atoms with Crippen LogP contribution in [0.3, 0.4) is 0 Å². The van der Waals surface area contributed by atoms with Crippen molar-refractivity contribution in [2.75, 3.05) is 19.0 Å². The lowest BCUT2D eigenvalue weighted by Gasteiger charge is -2.09. The van der Waals surface area contributed by atoms with Crippen LogP contribution in [0.2, 0.25) is 0 Å². The minimum atomic E-state index is -0.361. The fourth-order valence-electron chi connectivity index (χ4n) is 2.62. The number of hydrogen-bond donors (Lipinski definition) is 2. The van der Waals surface area contributed by atoms with Gasteiger partial charge >= 0.3 is 0 Å². The molecule has 1 atom stereocenters. The first-order chi connectivity index (χ1) is 12.1. The number of nitrogens with zero attached hydrogens (tertiary/aromatic N) is 1. The molecule has 0 aromatic heterocycles. The van der Waals surface area contributed by atoms with Crippen LogP contribution in [0.5, 0.6) is 0 Å². The Labute approximate surface area is 145 Å². The van der Waals surface area contributed by atoms with Crippen molar-refractivity contribution >= 4 is 17.6 Å². The molecule has 0 saturated carbocycles. The quantitative estimate of drug-likeness (QED) is 0.879. The summed E-state index contributed by atoms with van der Waals surface area (Å²) >= 11 is 0. The van der Waals surface area contributed by atoms with Crippen LogP contribution in [-0.4, -0.2) is 31.6 Å². The molecule has 3 rings (SSSR count). The Morgan fingerprint density at radius 1 is 1.24 bits per heavy atom. The molecule has 1 aliphatic rings. The molecule has 1 fully saturated rings. The maximum Gasteiger partial charge on any atom is 0.284 e. The van der Waals surface area contributed by atoms with Crippen molar-refractivity contribution in [2.24, 2.45) is 4.99 Å². The number of ether oxygens (including phenoxy) is 1. The van der Waals surface area contributed by atoms with Gasteiger partial charge in [0.25, 0.3) is 11.9 Å². The van der Waals surface area contributed by atoms with Crippen molar-refractivity contribution in [3.63, 3.8) is 0 Å². The molecule has 2 aromatic rings. The third-order valence-corrected chi connectivity index (χ3v) is 4.05. The van der Waals surface area contributed by atoms with Gasteiger partial charge in [-0.1, -0.05) is 12.1 Å². The molecular formula is C19H20FN3O2. The third kappa shape index (κ3) is 4.56. The SMILES string of the molecule is CN=C1N[C@@H](CCc2ccc(NC(=O)c3ccc(F)cc3)cc2)CO1. The zero-order valence-electron chi connectivity index (χ0n) is 14.0. The second-order valence-corrected chi connectivity index (χ2v) is 5.88. The number of aliphatic imine (C=N–C) groups is 1. The van der Waals surface area contributed by atoms with Gasteiger partial charge in [-0.2, -0.15) is 0 Å². The van der Waals surface area contributed by atoms with Gasteiger partial charge in [0.05, 0.1) is 6.04 Å². The maximum atomic E-state index is 12.9. The van der Waals surface area contributed by atoms with Gasteiger partial charge in [-0.15, -0.1) is 0 Å². The molecule has 1 saturated heterocycles. The standard InChI is InChI=1S/C19H20FN3O2/c1-21-19-23-17(12-25-19)11-4-13-2-9-16(10-3-13)22-18(24)14-5-7-15(20)8-6-14/h2-3,5-10,17H,4,11-12H2,1H3,(H,21,23)(H,22,24)/t17-/m0/s1. The first-order valence-electron chi connectivity index (χ1n) is 8.16. The summed E-state index contributed by atoms with van der Waals surface area (Å²) < 4.78 is 18.3. The Kier molecular flexibility index (Phi) is 5.28. The number of halogens is 1. The van der Waals surface area contributed by atoms with Crippen LogP contribution in [0.1, 0.15) is 22.3 Å². The summed E-state index contributed by atoms with van der Waals surface area (Å²) in [5, 5.41) is 6.02. The highest BCUT2D eigenvalue weighted by Crippen LogP contribution is 2.14. The summed E-state index contributed by atoms with van der Waals surface area (Å²) in [7, 11) is 1.70. The van der Waals surface area contributed by atoms with E-state index in [0.29, 0.717) is 23.9 Å². The second kappa shape index (κ2) is 7.79. The summed E-state index contributed by atoms with van der Waals surface area (Å²) in [6.45, 7) is 0.637. The van der Waals surface area contributed by atoms with E-state index in [2.05, 4.69) is 15.6 Å². The van der Waals surface area contributed by atoms with E-state index in [4.69, 9.17) is 4.74 Å². The molecule has 1 amide bonds. The summed E-state index contributed by atoms with van der Waals surface area (Å²) in [5.74, 6) is -0.619. The van der Waals surface area contributed by atoms with E-state index in [9.17, 15) is 9.18 Å². The van der Waals surface area contributed by atoms with Crippen molar-refractivity contribution in [2.45, 2.75) is 18.9 Å². The zero-order valence-corrected chi connectivity index (χ0v) is 14.0. The van der Waals surface area contributed by atoms with Crippen LogP contribution in [-0.2, 0) is 11.2 Å². The van der Waals surface area contributed by atoms with Crippen LogP contribution < -0.4 is 10.6 Å². The monoisotopic (exact) mass is 341 g/mol. The smallest absolute Gasteiger partial charge is 0.284 e. The molecule has 6 heteroatoms. The number of aryl methyl sites for hydroxylation is 1. The van der Waals surface area contributed by atoms with Crippen molar-refractivity contribution < 1.29 is 13.9 Å². The minimum absolute atomic E-state index is 0.258. The average molecular weight is 341 g/mol. The molecule has 0 unspecified atom stereocenters. The largest absolute Gasteiger partial charge is 0.463 e. The van der Waals surface area contributed by atoms with E-state index in [1.165, 1.54) is 29.8 Å². The van der Waals surface area contributed by atoms with Crippen molar-refractivity contribution in [3.8, 4) is 0 Å². The van der Waals surface area contributed by atoms with Crippen molar-refractivity contribution in [1.29, 1.82) is 0 Å². The normalized spacial score (nSPS) is 17.8. The third-order valence-electron chi connectivity index (χ3n) is 4.05. The number of hydrogen-bond acceptors (Lipinski definition) is 3. The Morgan fingerprint density at radius 3 is 2.60 bits per heavy atom. The molecule has 25 heavy (non-hydrogen) atoms. The molecule has 1 heterocycles. The lowest BCUT2D eigenvalue weighted by atomic mass is 10.1. The predicted molar refractivity (Wildman–Crippen MR) is 95.4 cm³/mol. The predicted octanol–water partition coefficient (Wildman–Crippen LogP) is 2.98. The van der Waals surface area contributed by atoms with Crippen molar-refractivity contribution in [1.82, 2.24) is 5.32 Å². The minimum Gasteiger partial charge on any atom is -0.463 e. The van der Waals surface area contributed by atoms with Crippen LogP contribution in [0.4, 0.5) is 10.1 Å².